The summed E-state index contributed by atoms with van der Waals surface area (Å²) in [4.78, 5) is 34.2. The minimum Gasteiger partial charge on any atom is -0.482 e. The number of carbonyl (C=O) groups is 1. The van der Waals surface area contributed by atoms with Crippen molar-refractivity contribution in [3.8, 4) is 5.75 Å². The van der Waals surface area contributed by atoms with Gasteiger partial charge >= 0.3 is 5.97 Å². The van der Waals surface area contributed by atoms with Crippen LogP contribution in [0.3, 0.4) is 0 Å². The topological polar surface area (TPSA) is 155 Å². The van der Waals surface area contributed by atoms with E-state index in [-0.39, 0.29) is 36.7 Å². The number of benzene rings is 1. The number of esters is 1. The standard InChI is InChI=1S/C18H19N5O6/c19-18-22-15-16(20-9-21-17(15)26)23(18)13-6-11(24)12(29-13)7-28-14(25)8-27-10-4-2-1-3-5-10/h1-5,9,11-13,24H,6-8H2,(H2,19,22)(H,20,21,26)/t11-,12+,13+/m0/s1. The fraction of sp³-hybridized carbons (Fsp3) is 0.333. The predicted molar refractivity (Wildman–Crippen MR) is 100.0 cm³/mol. The van der Waals surface area contributed by atoms with E-state index in [1.165, 1.54) is 10.9 Å². The van der Waals surface area contributed by atoms with E-state index in [9.17, 15) is 14.7 Å². The Morgan fingerprint density at radius 2 is 2.17 bits per heavy atom. The monoisotopic (exact) mass is 401 g/mol. The van der Waals surface area contributed by atoms with Gasteiger partial charge in [-0.1, -0.05) is 18.2 Å². The molecule has 1 aliphatic rings. The molecule has 152 valence electrons. The molecule has 2 aromatic heterocycles. The highest BCUT2D eigenvalue weighted by atomic mass is 16.6. The Morgan fingerprint density at radius 3 is 2.97 bits per heavy atom. The van der Waals surface area contributed by atoms with E-state index >= 15 is 0 Å². The predicted octanol–water partition coefficient (Wildman–Crippen LogP) is -0.0276. The first-order chi connectivity index (χ1) is 14.0. The van der Waals surface area contributed by atoms with Gasteiger partial charge in [0, 0.05) is 6.42 Å². The number of nitrogens with two attached hydrogens (primary N) is 1. The molecule has 0 bridgehead atoms. The second-order valence-corrected chi connectivity index (χ2v) is 6.46. The molecule has 0 aliphatic carbocycles. The van der Waals surface area contributed by atoms with Crippen molar-refractivity contribution in [1.82, 2.24) is 19.5 Å². The lowest BCUT2D eigenvalue weighted by Crippen LogP contribution is -2.29. The Morgan fingerprint density at radius 1 is 1.38 bits per heavy atom. The zero-order chi connectivity index (χ0) is 20.4. The maximum absolute atomic E-state index is 11.9. The number of anilines is 1. The SMILES string of the molecule is Nc1nc2c(=O)[nH]cnc2n1[C@H]1C[C@H](O)[C@@H](COC(=O)COc2ccccc2)O1. The molecule has 1 aromatic carbocycles. The molecule has 1 aliphatic heterocycles. The van der Waals surface area contributed by atoms with Crippen LogP contribution in [0.4, 0.5) is 5.95 Å². The average molecular weight is 401 g/mol. The highest BCUT2D eigenvalue weighted by Gasteiger charge is 2.37. The van der Waals surface area contributed by atoms with Crippen molar-refractivity contribution in [2.45, 2.75) is 24.9 Å². The Kier molecular flexibility index (Phi) is 5.14. The molecule has 4 N–H and O–H groups in total. The number of nitrogens with one attached hydrogen (secondary N) is 1. The van der Waals surface area contributed by atoms with Gasteiger partial charge in [-0.15, -0.1) is 0 Å². The van der Waals surface area contributed by atoms with Crippen LogP contribution in [0.2, 0.25) is 0 Å². The number of carbonyl (C=O) groups excluding carboxylic acids is 1. The number of nitrogen functional groups attached to an aromatic ring is 1. The number of hydrogen-bond acceptors (Lipinski definition) is 9. The number of aromatic amines is 1. The molecule has 3 atom stereocenters. The second kappa shape index (κ2) is 7.89. The normalized spacial score (nSPS) is 21.3. The van der Waals surface area contributed by atoms with Gasteiger partial charge in [0.15, 0.2) is 17.8 Å². The number of ether oxygens (including phenoxy) is 3. The van der Waals surface area contributed by atoms with Gasteiger partial charge in [0.1, 0.15) is 24.7 Å². The van der Waals surface area contributed by atoms with Crippen LogP contribution in [0.25, 0.3) is 11.2 Å². The third kappa shape index (κ3) is 3.91. The van der Waals surface area contributed by atoms with E-state index in [0.717, 1.165) is 0 Å². The first-order valence-corrected chi connectivity index (χ1v) is 8.91. The molecule has 3 aromatic rings. The minimum atomic E-state index is -0.901. The van der Waals surface area contributed by atoms with Crippen LogP contribution in [0.15, 0.2) is 41.5 Å². The molecule has 0 spiro atoms. The summed E-state index contributed by atoms with van der Waals surface area (Å²) >= 11 is 0. The number of hydrogen-bond donors (Lipinski definition) is 3. The van der Waals surface area contributed by atoms with Gasteiger partial charge in [-0.25, -0.2) is 14.8 Å². The summed E-state index contributed by atoms with van der Waals surface area (Å²) < 4.78 is 17.7. The van der Waals surface area contributed by atoms with Crippen LogP contribution in [0.1, 0.15) is 12.6 Å². The molecular weight excluding hydrogens is 382 g/mol. The fourth-order valence-corrected chi connectivity index (χ4v) is 3.12. The van der Waals surface area contributed by atoms with Crippen molar-refractivity contribution in [2.24, 2.45) is 0 Å². The number of aliphatic hydroxyl groups is 1. The van der Waals surface area contributed by atoms with E-state index in [0.29, 0.717) is 5.75 Å². The Bertz CT molecular complexity index is 1070. The van der Waals surface area contributed by atoms with Gasteiger partial charge in [-0.05, 0) is 12.1 Å². The van der Waals surface area contributed by atoms with Crippen molar-refractivity contribution in [3.63, 3.8) is 0 Å². The molecule has 11 nitrogen and oxygen atoms in total. The van der Waals surface area contributed by atoms with Gasteiger partial charge in [-0.3, -0.25) is 9.36 Å². The Labute approximate surface area is 164 Å². The number of aromatic nitrogens is 4. The number of para-hydroxylation sites is 1. The lowest BCUT2D eigenvalue weighted by atomic mass is 10.2. The Balaban J connectivity index is 1.37. The molecule has 0 unspecified atom stereocenters. The zero-order valence-corrected chi connectivity index (χ0v) is 15.2. The highest BCUT2D eigenvalue weighted by molar-refractivity contribution is 5.73. The first-order valence-electron chi connectivity index (χ1n) is 8.91. The van der Waals surface area contributed by atoms with Crippen LogP contribution >= 0.6 is 0 Å². The number of aliphatic hydroxyl groups excluding tert-OH is 1. The number of H-pyrrole nitrogens is 1. The summed E-state index contributed by atoms with van der Waals surface area (Å²) in [6.07, 6.45) is -0.957. The van der Waals surface area contributed by atoms with E-state index in [2.05, 4.69) is 15.0 Å². The van der Waals surface area contributed by atoms with Crippen LogP contribution in [-0.4, -0.2) is 56.0 Å². The van der Waals surface area contributed by atoms with Crippen LogP contribution in [0, 0.1) is 0 Å². The molecule has 4 rings (SSSR count). The van der Waals surface area contributed by atoms with Crippen molar-refractivity contribution in [3.05, 3.63) is 47.0 Å². The maximum Gasteiger partial charge on any atom is 0.344 e. The van der Waals surface area contributed by atoms with Crippen LogP contribution < -0.4 is 16.0 Å². The van der Waals surface area contributed by atoms with Crippen molar-refractivity contribution in [2.75, 3.05) is 18.9 Å². The lowest BCUT2D eigenvalue weighted by Gasteiger charge is -2.16. The van der Waals surface area contributed by atoms with Crippen LogP contribution in [-0.2, 0) is 14.3 Å². The number of fused-ring (bicyclic) bond motifs is 1. The number of imidazole rings is 1. The van der Waals surface area contributed by atoms with E-state index in [1.54, 1.807) is 24.3 Å². The molecule has 0 saturated carbocycles. The fourth-order valence-electron chi connectivity index (χ4n) is 3.12. The molecule has 0 radical (unpaired) electrons. The summed E-state index contributed by atoms with van der Waals surface area (Å²) in [6, 6.07) is 8.86. The summed E-state index contributed by atoms with van der Waals surface area (Å²) in [5.74, 6) is -0.00387. The summed E-state index contributed by atoms with van der Waals surface area (Å²) in [6.45, 7) is -0.419. The summed E-state index contributed by atoms with van der Waals surface area (Å²) in [5, 5.41) is 10.3. The molecule has 0 amide bonds. The quantitative estimate of drug-likeness (QED) is 0.483. The van der Waals surface area contributed by atoms with Crippen molar-refractivity contribution < 1.29 is 24.1 Å². The van der Waals surface area contributed by atoms with Crippen molar-refractivity contribution >= 4 is 23.1 Å². The van der Waals surface area contributed by atoms with Gasteiger partial charge in [0.25, 0.3) is 5.56 Å². The zero-order valence-electron chi connectivity index (χ0n) is 15.2. The van der Waals surface area contributed by atoms with Crippen LogP contribution in [0.5, 0.6) is 5.75 Å². The van der Waals surface area contributed by atoms with E-state index in [4.69, 9.17) is 19.9 Å². The molecule has 29 heavy (non-hydrogen) atoms. The molecule has 1 saturated heterocycles. The smallest absolute Gasteiger partial charge is 0.344 e. The minimum absolute atomic E-state index is 0.0373. The second-order valence-electron chi connectivity index (χ2n) is 6.46. The highest BCUT2D eigenvalue weighted by Crippen LogP contribution is 2.32. The van der Waals surface area contributed by atoms with Gasteiger partial charge in [-0.2, -0.15) is 0 Å². The number of rotatable bonds is 6. The molecule has 11 heteroatoms. The Hall–Kier alpha value is -3.44. The van der Waals surface area contributed by atoms with E-state index < -0.39 is 30.0 Å². The van der Waals surface area contributed by atoms with Gasteiger partial charge in [0.05, 0.1) is 12.4 Å². The molecule has 3 heterocycles. The summed E-state index contributed by atoms with van der Waals surface area (Å²) in [5.41, 5.74) is 5.80. The lowest BCUT2D eigenvalue weighted by molar-refractivity contribution is -0.152. The average Bonchev–Trinajstić information content (AvgIpc) is 3.25. The van der Waals surface area contributed by atoms with Gasteiger partial charge < -0.3 is 30.0 Å². The first kappa shape index (κ1) is 18.9. The third-order valence-electron chi connectivity index (χ3n) is 4.51. The largest absolute Gasteiger partial charge is 0.482 e. The number of nitrogens with zero attached hydrogens (tertiary/aromatic N) is 3. The summed E-state index contributed by atoms with van der Waals surface area (Å²) in [7, 11) is 0. The van der Waals surface area contributed by atoms with Gasteiger partial charge in [0.2, 0.25) is 5.95 Å². The van der Waals surface area contributed by atoms with E-state index in [1.807, 2.05) is 6.07 Å². The maximum atomic E-state index is 11.9. The van der Waals surface area contributed by atoms with Crippen molar-refractivity contribution in [1.29, 1.82) is 0 Å². The third-order valence-corrected chi connectivity index (χ3v) is 4.51. The molecule has 1 fully saturated rings. The molecular formula is C18H19N5O6.